The van der Waals surface area contributed by atoms with Crippen LogP contribution in [0.5, 0.6) is 0 Å². The second-order valence-corrected chi connectivity index (χ2v) is 6.17. The van der Waals surface area contributed by atoms with Gasteiger partial charge in [0.1, 0.15) is 0 Å². The van der Waals surface area contributed by atoms with Crippen molar-refractivity contribution in [3.05, 3.63) is 33.8 Å². The van der Waals surface area contributed by atoms with Crippen LogP contribution in [0.15, 0.2) is 18.2 Å². The maximum Gasteiger partial charge on any atom is 0.0861 e. The van der Waals surface area contributed by atoms with Crippen molar-refractivity contribution in [2.45, 2.75) is 44.9 Å². The number of hydrogen-bond acceptors (Lipinski definition) is 1. The molecule has 0 bridgehead atoms. The molecule has 0 N–H and O–H groups in total. The second-order valence-electron chi connectivity index (χ2n) is 5.35. The molecule has 0 aliphatic heterocycles. The third-order valence-electron chi connectivity index (χ3n) is 4.51. The van der Waals surface area contributed by atoms with E-state index in [1.165, 1.54) is 0 Å². The van der Waals surface area contributed by atoms with Crippen molar-refractivity contribution in [3.63, 3.8) is 0 Å². The quantitative estimate of drug-likeness (QED) is 0.732. The molecule has 1 fully saturated rings. The molecule has 1 aliphatic rings. The van der Waals surface area contributed by atoms with Gasteiger partial charge in [0.25, 0.3) is 0 Å². The molecule has 1 nitrogen and oxygen atoms in total. The van der Waals surface area contributed by atoms with Gasteiger partial charge < -0.3 is 0 Å². The first-order chi connectivity index (χ1) is 8.52. The van der Waals surface area contributed by atoms with Crippen LogP contribution in [0, 0.1) is 16.7 Å². The molecule has 1 aromatic rings. The van der Waals surface area contributed by atoms with Gasteiger partial charge in [-0.05, 0) is 30.4 Å². The number of rotatable bonds is 3. The largest absolute Gasteiger partial charge is 0.197 e. The van der Waals surface area contributed by atoms with Crippen LogP contribution in [0.4, 0.5) is 0 Å². The molecule has 3 heteroatoms. The smallest absolute Gasteiger partial charge is 0.0861 e. The van der Waals surface area contributed by atoms with Gasteiger partial charge in [-0.3, -0.25) is 0 Å². The average molecular weight is 282 g/mol. The maximum atomic E-state index is 9.59. The number of nitrogens with zero attached hydrogens (tertiary/aromatic N) is 1. The Morgan fingerprint density at radius 3 is 2.06 bits per heavy atom. The van der Waals surface area contributed by atoms with Crippen molar-refractivity contribution in [1.82, 2.24) is 0 Å². The third-order valence-corrected chi connectivity index (χ3v) is 5.14. The van der Waals surface area contributed by atoms with E-state index < -0.39 is 5.41 Å². The summed E-state index contributed by atoms with van der Waals surface area (Å²) in [7, 11) is 0. The van der Waals surface area contributed by atoms with Crippen LogP contribution in [-0.4, -0.2) is 0 Å². The van der Waals surface area contributed by atoms with E-state index in [0.29, 0.717) is 10.0 Å². The van der Waals surface area contributed by atoms with Crippen molar-refractivity contribution in [3.8, 4) is 6.07 Å². The third kappa shape index (κ3) is 1.92. The predicted molar refractivity (Wildman–Crippen MR) is 76.0 cm³/mol. The Kier molecular flexibility index (Phi) is 3.63. The summed E-state index contributed by atoms with van der Waals surface area (Å²) in [6.45, 7) is 4.39. The molecule has 1 aliphatic carbocycles. The summed E-state index contributed by atoms with van der Waals surface area (Å²) < 4.78 is 0. The minimum atomic E-state index is -0.485. The lowest BCUT2D eigenvalue weighted by atomic mass is 9.49. The van der Waals surface area contributed by atoms with Crippen molar-refractivity contribution in [2.75, 3.05) is 0 Å². The fourth-order valence-electron chi connectivity index (χ4n) is 3.25. The van der Waals surface area contributed by atoms with Crippen LogP contribution in [0.25, 0.3) is 0 Å². The Hall–Kier alpha value is -0.710. The highest BCUT2D eigenvalue weighted by Gasteiger charge is 2.55. The fraction of sp³-hybridized carbons (Fsp3) is 0.533. The zero-order chi connectivity index (χ0) is 13.4. The molecule has 0 atom stereocenters. The second kappa shape index (κ2) is 4.76. The van der Waals surface area contributed by atoms with Crippen molar-refractivity contribution >= 4 is 23.2 Å². The van der Waals surface area contributed by atoms with Crippen LogP contribution in [0.1, 0.15) is 45.1 Å². The van der Waals surface area contributed by atoms with Crippen molar-refractivity contribution in [2.24, 2.45) is 5.41 Å². The molecule has 0 aromatic heterocycles. The van der Waals surface area contributed by atoms with E-state index >= 15 is 0 Å². The fourth-order valence-corrected chi connectivity index (χ4v) is 4.00. The summed E-state index contributed by atoms with van der Waals surface area (Å²) in [5.74, 6) is 0. The summed E-state index contributed by atoms with van der Waals surface area (Å²) >= 11 is 12.5. The summed E-state index contributed by atoms with van der Waals surface area (Å²) in [6.07, 6.45) is 3.95. The highest BCUT2D eigenvalue weighted by atomic mass is 35.5. The molecule has 96 valence electrons. The van der Waals surface area contributed by atoms with E-state index in [1.54, 1.807) is 0 Å². The maximum absolute atomic E-state index is 9.59. The van der Waals surface area contributed by atoms with E-state index in [4.69, 9.17) is 23.2 Å². The lowest BCUT2D eigenvalue weighted by Gasteiger charge is -2.53. The zero-order valence-corrected chi connectivity index (χ0v) is 12.3. The molecule has 0 radical (unpaired) electrons. The van der Waals surface area contributed by atoms with Gasteiger partial charge in [-0.2, -0.15) is 5.26 Å². The number of hydrogen-bond donors (Lipinski definition) is 0. The molecule has 2 rings (SSSR count). The average Bonchev–Trinajstić information content (AvgIpc) is 2.32. The first kappa shape index (κ1) is 13.7. The van der Waals surface area contributed by atoms with Crippen LogP contribution in [0.3, 0.4) is 0 Å². The van der Waals surface area contributed by atoms with Crippen LogP contribution in [0.2, 0.25) is 10.0 Å². The molecule has 0 heterocycles. The highest BCUT2D eigenvalue weighted by Crippen LogP contribution is 2.60. The predicted octanol–water partition coefficient (Wildman–Crippen LogP) is 5.35. The summed E-state index contributed by atoms with van der Waals surface area (Å²) in [5.41, 5.74) is 0.632. The SMILES string of the molecule is CCC1(CC)CC(C#N)(c2c(Cl)cccc2Cl)C1. The van der Waals surface area contributed by atoms with Gasteiger partial charge in [0, 0.05) is 15.6 Å². The minimum absolute atomic E-state index is 0.290. The number of nitriles is 1. The van der Waals surface area contributed by atoms with Gasteiger partial charge in [-0.15, -0.1) is 0 Å². The first-order valence-corrected chi connectivity index (χ1v) is 7.14. The molecular formula is C15H17Cl2N. The summed E-state index contributed by atoms with van der Waals surface area (Å²) in [5, 5.41) is 10.8. The van der Waals surface area contributed by atoms with E-state index in [0.717, 1.165) is 31.2 Å². The van der Waals surface area contributed by atoms with E-state index in [1.807, 2.05) is 18.2 Å². The molecule has 0 unspecified atom stereocenters. The Labute approximate surface area is 119 Å². The molecule has 1 aromatic carbocycles. The van der Waals surface area contributed by atoms with Crippen molar-refractivity contribution < 1.29 is 0 Å². The Bertz CT molecular complexity index is 469. The monoisotopic (exact) mass is 281 g/mol. The lowest BCUT2D eigenvalue weighted by molar-refractivity contribution is 0.0481. The zero-order valence-electron chi connectivity index (χ0n) is 10.8. The van der Waals surface area contributed by atoms with Gasteiger partial charge in [0.05, 0.1) is 11.5 Å². The molecule has 1 saturated carbocycles. The normalized spacial score (nSPS) is 19.9. The van der Waals surface area contributed by atoms with Crippen molar-refractivity contribution in [1.29, 1.82) is 5.26 Å². The molecule has 18 heavy (non-hydrogen) atoms. The summed E-state index contributed by atoms with van der Waals surface area (Å²) in [6, 6.07) is 7.93. The van der Waals surface area contributed by atoms with Gasteiger partial charge in [-0.25, -0.2) is 0 Å². The Morgan fingerprint density at radius 1 is 1.17 bits per heavy atom. The molecule has 0 spiro atoms. The van der Waals surface area contributed by atoms with Crippen LogP contribution >= 0.6 is 23.2 Å². The summed E-state index contributed by atoms with van der Waals surface area (Å²) in [4.78, 5) is 0. The van der Waals surface area contributed by atoms with Crippen LogP contribution in [-0.2, 0) is 5.41 Å². The lowest BCUT2D eigenvalue weighted by Crippen LogP contribution is -2.48. The van der Waals surface area contributed by atoms with E-state index in [2.05, 4.69) is 19.9 Å². The highest BCUT2D eigenvalue weighted by molar-refractivity contribution is 6.36. The van der Waals surface area contributed by atoms with E-state index in [-0.39, 0.29) is 5.41 Å². The Balaban J connectivity index is 2.42. The molecular weight excluding hydrogens is 265 g/mol. The van der Waals surface area contributed by atoms with Gasteiger partial charge in [0.2, 0.25) is 0 Å². The molecule has 0 amide bonds. The standard InChI is InChI=1S/C15H17Cl2N/c1-3-14(4-2)8-15(9-14,10-18)13-11(16)6-5-7-12(13)17/h5-7H,3-4,8-9H2,1-2H3. The van der Waals surface area contributed by atoms with Crippen LogP contribution < -0.4 is 0 Å². The number of benzene rings is 1. The van der Waals surface area contributed by atoms with Gasteiger partial charge in [0.15, 0.2) is 0 Å². The first-order valence-electron chi connectivity index (χ1n) is 6.38. The minimum Gasteiger partial charge on any atom is -0.197 e. The van der Waals surface area contributed by atoms with E-state index in [9.17, 15) is 5.26 Å². The van der Waals surface area contributed by atoms with Gasteiger partial charge in [-0.1, -0.05) is 56.0 Å². The molecule has 0 saturated heterocycles. The van der Waals surface area contributed by atoms with Gasteiger partial charge >= 0.3 is 0 Å². The Morgan fingerprint density at radius 2 is 1.67 bits per heavy atom. The number of halogens is 2. The topological polar surface area (TPSA) is 23.8 Å².